The lowest BCUT2D eigenvalue weighted by molar-refractivity contribution is 0.394. The summed E-state index contributed by atoms with van der Waals surface area (Å²) in [6.07, 6.45) is 0.724. The van der Waals surface area contributed by atoms with Crippen molar-refractivity contribution in [1.29, 1.82) is 0 Å². The highest BCUT2D eigenvalue weighted by Crippen LogP contribution is 2.39. The molecule has 0 radical (unpaired) electrons. The molecule has 1 aromatic carbocycles. The minimum atomic E-state index is -0.0144. The Bertz CT molecular complexity index is 359. The highest BCUT2D eigenvalue weighted by atomic mass is 16.3. The fourth-order valence-electron chi connectivity index (χ4n) is 1.88. The Morgan fingerprint density at radius 2 is 1.87 bits per heavy atom. The molecule has 0 aliphatic heterocycles. The highest BCUT2D eigenvalue weighted by molar-refractivity contribution is 5.54. The Morgan fingerprint density at radius 3 is 2.33 bits per heavy atom. The second kappa shape index (κ2) is 4.53. The summed E-state index contributed by atoms with van der Waals surface area (Å²) in [4.78, 5) is 0. The average molecular weight is 209 g/mol. The fourth-order valence-corrected chi connectivity index (χ4v) is 1.88. The Kier molecular flexibility index (Phi) is 3.58. The van der Waals surface area contributed by atoms with Crippen LogP contribution in [0.4, 0.5) is 0 Å². The first-order valence-corrected chi connectivity index (χ1v) is 5.23. The molecular formula is C12H19NO2. The van der Waals surface area contributed by atoms with E-state index in [1.165, 1.54) is 0 Å². The number of aromatic hydroxyl groups is 2. The normalized spacial score (nSPS) is 11.0. The quantitative estimate of drug-likeness (QED) is 0.667. The summed E-state index contributed by atoms with van der Waals surface area (Å²) in [5, 5.41) is 19.5. The third kappa shape index (κ3) is 2.23. The third-order valence-corrected chi connectivity index (χ3v) is 2.58. The van der Waals surface area contributed by atoms with Crippen LogP contribution in [0.5, 0.6) is 11.5 Å². The average Bonchev–Trinajstić information content (AvgIpc) is 2.14. The molecule has 1 aromatic rings. The maximum Gasteiger partial charge on any atom is 0.161 e. The van der Waals surface area contributed by atoms with Crippen LogP contribution in [0.1, 0.15) is 36.5 Å². The molecule has 3 nitrogen and oxygen atoms in total. The lowest BCUT2D eigenvalue weighted by atomic mass is 9.92. The number of rotatable bonds is 3. The first kappa shape index (κ1) is 11.9. The molecule has 0 aliphatic carbocycles. The fraction of sp³-hybridized carbons (Fsp3) is 0.500. The van der Waals surface area contributed by atoms with Crippen LogP contribution in [-0.2, 0) is 6.42 Å². The molecule has 0 saturated heterocycles. The van der Waals surface area contributed by atoms with Crippen LogP contribution in [0.15, 0.2) is 6.07 Å². The van der Waals surface area contributed by atoms with E-state index in [4.69, 9.17) is 5.73 Å². The largest absolute Gasteiger partial charge is 0.504 e. The van der Waals surface area contributed by atoms with Crippen molar-refractivity contribution in [2.45, 2.75) is 33.1 Å². The van der Waals surface area contributed by atoms with Crippen LogP contribution in [0, 0.1) is 6.92 Å². The third-order valence-electron chi connectivity index (χ3n) is 2.58. The number of phenolic OH excluding ortho intramolecular Hbond substituents is 2. The van der Waals surface area contributed by atoms with Crippen molar-refractivity contribution in [3.05, 3.63) is 22.8 Å². The van der Waals surface area contributed by atoms with Crippen molar-refractivity contribution < 1.29 is 10.2 Å². The molecule has 0 atom stereocenters. The van der Waals surface area contributed by atoms with E-state index >= 15 is 0 Å². The van der Waals surface area contributed by atoms with Gasteiger partial charge in [0.05, 0.1) is 0 Å². The van der Waals surface area contributed by atoms with Gasteiger partial charge in [-0.3, -0.25) is 0 Å². The van der Waals surface area contributed by atoms with Gasteiger partial charge in [0.2, 0.25) is 0 Å². The van der Waals surface area contributed by atoms with Crippen LogP contribution in [-0.4, -0.2) is 16.8 Å². The topological polar surface area (TPSA) is 66.5 Å². The van der Waals surface area contributed by atoms with E-state index < -0.39 is 0 Å². The molecule has 0 fully saturated rings. The summed E-state index contributed by atoms with van der Waals surface area (Å²) >= 11 is 0. The number of hydrogen-bond donors (Lipinski definition) is 3. The molecule has 0 saturated carbocycles. The molecule has 1 rings (SSSR count). The van der Waals surface area contributed by atoms with Gasteiger partial charge in [-0.05, 0) is 36.9 Å². The van der Waals surface area contributed by atoms with Gasteiger partial charge in [-0.1, -0.05) is 19.9 Å². The van der Waals surface area contributed by atoms with Crippen molar-refractivity contribution in [3.63, 3.8) is 0 Å². The monoisotopic (exact) mass is 209 g/mol. The van der Waals surface area contributed by atoms with E-state index in [9.17, 15) is 10.2 Å². The van der Waals surface area contributed by atoms with E-state index in [0.29, 0.717) is 12.1 Å². The Labute approximate surface area is 90.5 Å². The van der Waals surface area contributed by atoms with Crippen molar-refractivity contribution in [2.75, 3.05) is 6.54 Å². The van der Waals surface area contributed by atoms with Crippen molar-refractivity contribution in [3.8, 4) is 11.5 Å². The molecule has 0 amide bonds. The van der Waals surface area contributed by atoms with Gasteiger partial charge in [0.1, 0.15) is 0 Å². The first-order valence-electron chi connectivity index (χ1n) is 5.23. The number of phenols is 2. The van der Waals surface area contributed by atoms with Crippen molar-refractivity contribution >= 4 is 0 Å². The van der Waals surface area contributed by atoms with Gasteiger partial charge in [0, 0.05) is 5.56 Å². The van der Waals surface area contributed by atoms with Crippen LogP contribution < -0.4 is 5.73 Å². The summed E-state index contributed by atoms with van der Waals surface area (Å²) in [5.74, 6) is 0.172. The van der Waals surface area contributed by atoms with Crippen LogP contribution in [0.2, 0.25) is 0 Å². The Hall–Kier alpha value is -1.22. The molecule has 0 unspecified atom stereocenters. The van der Waals surface area contributed by atoms with E-state index in [1.807, 2.05) is 19.9 Å². The lowest BCUT2D eigenvalue weighted by Crippen LogP contribution is -2.07. The maximum atomic E-state index is 9.87. The molecule has 4 N–H and O–H groups in total. The number of benzene rings is 1. The second-order valence-electron chi connectivity index (χ2n) is 4.16. The zero-order valence-electron chi connectivity index (χ0n) is 9.54. The van der Waals surface area contributed by atoms with Crippen molar-refractivity contribution in [1.82, 2.24) is 0 Å². The van der Waals surface area contributed by atoms with E-state index in [1.54, 1.807) is 6.92 Å². The predicted molar refractivity (Wildman–Crippen MR) is 61.4 cm³/mol. The number of aryl methyl sites for hydroxylation is 1. The van der Waals surface area contributed by atoms with Crippen molar-refractivity contribution in [2.24, 2.45) is 5.73 Å². The van der Waals surface area contributed by atoms with Gasteiger partial charge < -0.3 is 15.9 Å². The zero-order valence-corrected chi connectivity index (χ0v) is 9.54. The molecule has 0 aliphatic rings. The summed E-state index contributed by atoms with van der Waals surface area (Å²) < 4.78 is 0. The predicted octanol–water partition coefficient (Wildman–Crippen LogP) is 2.03. The van der Waals surface area contributed by atoms with Gasteiger partial charge in [-0.2, -0.15) is 0 Å². The standard InChI is InChI=1S/C12H19NO2/c1-7(2)10-9(4-5-13)6-8(3)11(14)12(10)15/h6-7,14-15H,4-5,13H2,1-3H3. The summed E-state index contributed by atoms with van der Waals surface area (Å²) in [6, 6.07) is 1.90. The van der Waals surface area contributed by atoms with E-state index in [0.717, 1.165) is 17.5 Å². The summed E-state index contributed by atoms with van der Waals surface area (Å²) in [5.41, 5.74) is 8.06. The Morgan fingerprint density at radius 1 is 1.27 bits per heavy atom. The number of nitrogens with two attached hydrogens (primary N) is 1. The molecule has 0 heterocycles. The Balaban J connectivity index is 3.36. The maximum absolute atomic E-state index is 9.87. The zero-order chi connectivity index (χ0) is 11.6. The van der Waals surface area contributed by atoms with Gasteiger partial charge in [-0.15, -0.1) is 0 Å². The minimum Gasteiger partial charge on any atom is -0.504 e. The SMILES string of the molecule is Cc1cc(CCN)c(C(C)C)c(O)c1O. The van der Waals surface area contributed by atoms with Crippen LogP contribution in [0.25, 0.3) is 0 Å². The second-order valence-corrected chi connectivity index (χ2v) is 4.16. The molecule has 0 aromatic heterocycles. The van der Waals surface area contributed by atoms with Gasteiger partial charge >= 0.3 is 0 Å². The van der Waals surface area contributed by atoms with Crippen LogP contribution in [0.3, 0.4) is 0 Å². The number of hydrogen-bond acceptors (Lipinski definition) is 3. The lowest BCUT2D eigenvalue weighted by Gasteiger charge is -2.16. The molecule has 84 valence electrons. The highest BCUT2D eigenvalue weighted by Gasteiger charge is 2.16. The summed E-state index contributed by atoms with van der Waals surface area (Å²) in [6.45, 7) is 6.30. The van der Waals surface area contributed by atoms with Gasteiger partial charge in [-0.25, -0.2) is 0 Å². The van der Waals surface area contributed by atoms with Crippen LogP contribution >= 0.6 is 0 Å². The smallest absolute Gasteiger partial charge is 0.161 e. The van der Waals surface area contributed by atoms with Gasteiger partial charge in [0.25, 0.3) is 0 Å². The molecule has 0 bridgehead atoms. The molecule has 15 heavy (non-hydrogen) atoms. The molecular weight excluding hydrogens is 190 g/mol. The van der Waals surface area contributed by atoms with E-state index in [2.05, 4.69) is 0 Å². The first-order chi connectivity index (χ1) is 6.99. The van der Waals surface area contributed by atoms with Gasteiger partial charge in [0.15, 0.2) is 11.5 Å². The summed E-state index contributed by atoms with van der Waals surface area (Å²) in [7, 11) is 0. The molecule has 0 spiro atoms. The molecule has 3 heteroatoms. The minimum absolute atomic E-state index is 0.00782. The van der Waals surface area contributed by atoms with E-state index in [-0.39, 0.29) is 17.4 Å².